The summed E-state index contributed by atoms with van der Waals surface area (Å²) >= 11 is 7.87. The summed E-state index contributed by atoms with van der Waals surface area (Å²) in [5.74, 6) is 2.07. The number of nitrogens with zero attached hydrogens (tertiary/aromatic N) is 2. The van der Waals surface area contributed by atoms with Crippen molar-refractivity contribution >= 4 is 29.3 Å². The van der Waals surface area contributed by atoms with Gasteiger partial charge in [0.15, 0.2) is 5.96 Å². The highest BCUT2D eigenvalue weighted by Gasteiger charge is 2.14. The first-order valence-electron chi connectivity index (χ1n) is 7.93. The number of hydrogen-bond donors (Lipinski definition) is 2. The van der Waals surface area contributed by atoms with E-state index in [9.17, 15) is 0 Å². The van der Waals surface area contributed by atoms with Crippen LogP contribution in [-0.2, 0) is 0 Å². The summed E-state index contributed by atoms with van der Waals surface area (Å²) in [5.41, 5.74) is 1.24. The van der Waals surface area contributed by atoms with Gasteiger partial charge in [-0.15, -0.1) is 0 Å². The second-order valence-electron chi connectivity index (χ2n) is 5.61. The van der Waals surface area contributed by atoms with Gasteiger partial charge in [0.2, 0.25) is 0 Å². The van der Waals surface area contributed by atoms with Gasteiger partial charge in [0.1, 0.15) is 0 Å². The van der Waals surface area contributed by atoms with E-state index in [0.29, 0.717) is 0 Å². The zero-order chi connectivity index (χ0) is 17.1. The van der Waals surface area contributed by atoms with Crippen molar-refractivity contribution in [2.24, 2.45) is 4.99 Å². The SMILES string of the molecule is CN=C(NCCCCSC)NCC(c1ccc(Cl)cc1)N(C)C. The third-order valence-electron chi connectivity index (χ3n) is 3.63. The molecule has 0 fully saturated rings. The average Bonchev–Trinajstić information content (AvgIpc) is 2.54. The normalized spacial score (nSPS) is 13.2. The molecule has 1 atom stereocenters. The van der Waals surface area contributed by atoms with E-state index in [-0.39, 0.29) is 6.04 Å². The lowest BCUT2D eigenvalue weighted by atomic mass is 10.1. The molecule has 23 heavy (non-hydrogen) atoms. The molecule has 1 rings (SSSR count). The van der Waals surface area contributed by atoms with Crippen molar-refractivity contribution in [1.82, 2.24) is 15.5 Å². The molecule has 0 spiro atoms. The van der Waals surface area contributed by atoms with Crippen LogP contribution < -0.4 is 10.6 Å². The van der Waals surface area contributed by atoms with Gasteiger partial charge in [-0.05, 0) is 56.6 Å². The van der Waals surface area contributed by atoms with Gasteiger partial charge >= 0.3 is 0 Å². The van der Waals surface area contributed by atoms with Crippen LogP contribution in [0.15, 0.2) is 29.3 Å². The van der Waals surface area contributed by atoms with Gasteiger partial charge < -0.3 is 15.5 Å². The molecule has 1 aromatic rings. The second-order valence-corrected chi connectivity index (χ2v) is 7.03. The molecule has 1 unspecified atom stereocenters. The van der Waals surface area contributed by atoms with E-state index >= 15 is 0 Å². The maximum Gasteiger partial charge on any atom is 0.191 e. The number of thioether (sulfide) groups is 1. The molecule has 0 aromatic heterocycles. The zero-order valence-electron chi connectivity index (χ0n) is 14.6. The number of unbranched alkanes of at least 4 members (excludes halogenated alkanes) is 1. The smallest absolute Gasteiger partial charge is 0.191 e. The molecule has 2 N–H and O–H groups in total. The van der Waals surface area contributed by atoms with Crippen molar-refractivity contribution in [3.05, 3.63) is 34.9 Å². The first kappa shape index (κ1) is 20.1. The number of likely N-dealkylation sites (N-methyl/N-ethyl adjacent to an activating group) is 1. The largest absolute Gasteiger partial charge is 0.356 e. The molecule has 0 aliphatic rings. The van der Waals surface area contributed by atoms with Gasteiger partial charge in [-0.2, -0.15) is 11.8 Å². The highest BCUT2D eigenvalue weighted by molar-refractivity contribution is 7.98. The molecule has 0 saturated heterocycles. The quantitative estimate of drug-likeness (QED) is 0.405. The summed E-state index contributed by atoms with van der Waals surface area (Å²) in [6.07, 6.45) is 4.54. The summed E-state index contributed by atoms with van der Waals surface area (Å²) < 4.78 is 0. The molecule has 0 amide bonds. The number of rotatable bonds is 9. The topological polar surface area (TPSA) is 39.7 Å². The van der Waals surface area contributed by atoms with Gasteiger partial charge in [-0.1, -0.05) is 23.7 Å². The molecular formula is C17H29ClN4S. The Bertz CT molecular complexity index is 462. The van der Waals surface area contributed by atoms with E-state index in [0.717, 1.165) is 30.5 Å². The number of aliphatic imine (C=N–C) groups is 1. The van der Waals surface area contributed by atoms with Crippen LogP contribution in [0.4, 0.5) is 0 Å². The standard InChI is InChI=1S/C17H29ClN4S/c1-19-17(20-11-5-6-12-23-4)21-13-16(22(2)3)14-7-9-15(18)10-8-14/h7-10,16H,5-6,11-13H2,1-4H3,(H2,19,20,21). The Morgan fingerprint density at radius 1 is 1.22 bits per heavy atom. The van der Waals surface area contributed by atoms with Crippen molar-refractivity contribution in [3.8, 4) is 0 Å². The van der Waals surface area contributed by atoms with Crippen LogP contribution in [0.3, 0.4) is 0 Å². The lowest BCUT2D eigenvalue weighted by Crippen LogP contribution is -2.42. The van der Waals surface area contributed by atoms with E-state index in [4.69, 9.17) is 11.6 Å². The summed E-state index contributed by atoms with van der Waals surface area (Å²) in [6, 6.07) is 8.29. The van der Waals surface area contributed by atoms with Gasteiger partial charge in [-0.25, -0.2) is 0 Å². The molecule has 0 aliphatic heterocycles. The van der Waals surface area contributed by atoms with E-state index in [1.165, 1.54) is 17.7 Å². The van der Waals surface area contributed by atoms with Crippen LogP contribution in [0.5, 0.6) is 0 Å². The van der Waals surface area contributed by atoms with Crippen LogP contribution in [0.25, 0.3) is 0 Å². The van der Waals surface area contributed by atoms with Gasteiger partial charge in [0, 0.05) is 25.2 Å². The third-order valence-corrected chi connectivity index (χ3v) is 4.58. The first-order valence-corrected chi connectivity index (χ1v) is 9.71. The maximum absolute atomic E-state index is 5.98. The average molecular weight is 357 g/mol. The monoisotopic (exact) mass is 356 g/mol. The van der Waals surface area contributed by atoms with Gasteiger partial charge in [0.25, 0.3) is 0 Å². The Hall–Kier alpha value is -0.910. The molecule has 1 aromatic carbocycles. The lowest BCUT2D eigenvalue weighted by molar-refractivity contribution is 0.298. The Morgan fingerprint density at radius 3 is 2.48 bits per heavy atom. The maximum atomic E-state index is 5.98. The first-order chi connectivity index (χ1) is 11.1. The molecule has 130 valence electrons. The highest BCUT2D eigenvalue weighted by atomic mass is 35.5. The minimum atomic E-state index is 0.266. The van der Waals surface area contributed by atoms with Crippen LogP contribution in [0, 0.1) is 0 Å². The number of halogens is 1. The zero-order valence-corrected chi connectivity index (χ0v) is 16.2. The van der Waals surface area contributed by atoms with Crippen molar-refractivity contribution in [3.63, 3.8) is 0 Å². The van der Waals surface area contributed by atoms with Crippen LogP contribution in [0.1, 0.15) is 24.4 Å². The number of guanidine groups is 1. The predicted molar refractivity (Wildman–Crippen MR) is 105 cm³/mol. The molecular weight excluding hydrogens is 328 g/mol. The fourth-order valence-corrected chi connectivity index (χ4v) is 2.89. The summed E-state index contributed by atoms with van der Waals surface area (Å²) in [5, 5.41) is 7.55. The summed E-state index contributed by atoms with van der Waals surface area (Å²) in [7, 11) is 5.98. The fourth-order valence-electron chi connectivity index (χ4n) is 2.28. The van der Waals surface area contributed by atoms with Crippen molar-refractivity contribution < 1.29 is 0 Å². The summed E-state index contributed by atoms with van der Waals surface area (Å²) in [6.45, 7) is 1.74. The number of nitrogens with one attached hydrogen (secondary N) is 2. The van der Waals surface area contributed by atoms with Crippen molar-refractivity contribution in [1.29, 1.82) is 0 Å². The minimum absolute atomic E-state index is 0.266. The molecule has 4 nitrogen and oxygen atoms in total. The molecule has 6 heteroatoms. The van der Waals surface area contributed by atoms with Crippen LogP contribution in [0.2, 0.25) is 5.02 Å². The fraction of sp³-hybridized carbons (Fsp3) is 0.588. The third kappa shape index (κ3) is 7.95. The van der Waals surface area contributed by atoms with E-state index < -0.39 is 0 Å². The Balaban J connectivity index is 2.48. The molecule has 0 aliphatic carbocycles. The van der Waals surface area contributed by atoms with Gasteiger partial charge in [-0.3, -0.25) is 4.99 Å². The molecule has 0 saturated carbocycles. The van der Waals surface area contributed by atoms with E-state index in [1.807, 2.05) is 30.9 Å². The van der Waals surface area contributed by atoms with Gasteiger partial charge in [0.05, 0.1) is 6.04 Å². The summed E-state index contributed by atoms with van der Waals surface area (Å²) in [4.78, 5) is 6.49. The molecule has 0 radical (unpaired) electrons. The highest BCUT2D eigenvalue weighted by Crippen LogP contribution is 2.19. The Kier molecular flexibility index (Phi) is 10.2. The Morgan fingerprint density at radius 2 is 1.91 bits per heavy atom. The molecule has 0 heterocycles. The number of hydrogen-bond acceptors (Lipinski definition) is 3. The van der Waals surface area contributed by atoms with Crippen LogP contribution >= 0.6 is 23.4 Å². The lowest BCUT2D eigenvalue weighted by Gasteiger charge is -2.26. The molecule has 0 bridgehead atoms. The van der Waals surface area contributed by atoms with E-state index in [2.05, 4.69) is 53.0 Å². The predicted octanol–water partition coefficient (Wildman–Crippen LogP) is 3.25. The van der Waals surface area contributed by atoms with Crippen molar-refractivity contribution in [2.75, 3.05) is 46.2 Å². The second kappa shape index (κ2) is 11.6. The van der Waals surface area contributed by atoms with Crippen LogP contribution in [-0.4, -0.2) is 57.1 Å². The minimum Gasteiger partial charge on any atom is -0.356 e. The van der Waals surface area contributed by atoms with Crippen molar-refractivity contribution in [2.45, 2.75) is 18.9 Å². The number of benzene rings is 1. The van der Waals surface area contributed by atoms with E-state index in [1.54, 1.807) is 0 Å². The Labute approximate surface area is 150 Å².